The predicted octanol–water partition coefficient (Wildman–Crippen LogP) is 2.60. The summed E-state index contributed by atoms with van der Waals surface area (Å²) in [6.07, 6.45) is 3.13. The Hall–Kier alpha value is -1.20. The van der Waals surface area contributed by atoms with E-state index in [1.165, 1.54) is 6.07 Å². The van der Waals surface area contributed by atoms with Gasteiger partial charge in [-0.1, -0.05) is 6.07 Å². The molecular weight excluding hydrogens is 287 g/mol. The number of imidazole rings is 1. The van der Waals surface area contributed by atoms with Crippen molar-refractivity contribution >= 4 is 15.9 Å². The molecule has 90 valence electrons. The Balaban J connectivity index is 2.16. The maximum Gasteiger partial charge on any atom is 0.137 e. The highest BCUT2D eigenvalue weighted by molar-refractivity contribution is 9.10. The third-order valence-corrected chi connectivity index (χ3v) is 3.18. The molecule has 0 bridgehead atoms. The van der Waals surface area contributed by atoms with Crippen molar-refractivity contribution < 1.29 is 9.50 Å². The summed E-state index contributed by atoms with van der Waals surface area (Å²) in [6.45, 7) is 0. The summed E-state index contributed by atoms with van der Waals surface area (Å²) in [5, 5.41) is 10.0. The Kier molecular flexibility index (Phi) is 3.59. The predicted molar refractivity (Wildman–Crippen MR) is 66.0 cm³/mol. The molecule has 0 saturated carbocycles. The minimum Gasteiger partial charge on any atom is -0.385 e. The summed E-state index contributed by atoms with van der Waals surface area (Å²) in [4.78, 5) is 4.08. The number of aromatic nitrogens is 2. The highest BCUT2D eigenvalue weighted by Crippen LogP contribution is 2.21. The van der Waals surface area contributed by atoms with Crippen molar-refractivity contribution in [2.75, 3.05) is 0 Å². The van der Waals surface area contributed by atoms with E-state index < -0.39 is 6.10 Å². The van der Waals surface area contributed by atoms with Crippen molar-refractivity contribution in [2.45, 2.75) is 12.5 Å². The van der Waals surface area contributed by atoms with E-state index in [1.807, 2.05) is 7.05 Å². The van der Waals surface area contributed by atoms with Crippen LogP contribution in [0.5, 0.6) is 0 Å². The number of aryl methyl sites for hydroxylation is 1. The fourth-order valence-corrected chi connectivity index (χ4v) is 2.11. The molecule has 5 heteroatoms. The number of aliphatic hydroxyl groups is 1. The van der Waals surface area contributed by atoms with Gasteiger partial charge in [0.25, 0.3) is 0 Å². The lowest BCUT2D eigenvalue weighted by Gasteiger charge is -2.11. The Labute approximate surface area is 107 Å². The van der Waals surface area contributed by atoms with Gasteiger partial charge in [-0.25, -0.2) is 9.37 Å². The topological polar surface area (TPSA) is 38.0 Å². The largest absolute Gasteiger partial charge is 0.385 e. The Morgan fingerprint density at radius 3 is 2.88 bits per heavy atom. The molecule has 3 nitrogen and oxygen atoms in total. The van der Waals surface area contributed by atoms with Gasteiger partial charge < -0.3 is 9.67 Å². The zero-order valence-electron chi connectivity index (χ0n) is 9.27. The van der Waals surface area contributed by atoms with Crippen LogP contribution in [0, 0.1) is 5.82 Å². The third-order valence-electron chi connectivity index (χ3n) is 2.57. The molecule has 2 rings (SSSR count). The van der Waals surface area contributed by atoms with Crippen LogP contribution in [-0.4, -0.2) is 14.7 Å². The summed E-state index contributed by atoms with van der Waals surface area (Å²) in [5.41, 5.74) is 0.855. The second-order valence-corrected chi connectivity index (χ2v) is 4.72. The van der Waals surface area contributed by atoms with Gasteiger partial charge in [-0.3, -0.25) is 0 Å². The summed E-state index contributed by atoms with van der Waals surface area (Å²) < 4.78 is 15.2. The molecule has 1 N–H and O–H groups in total. The second-order valence-electron chi connectivity index (χ2n) is 3.86. The minimum atomic E-state index is -0.688. The summed E-state index contributed by atoms with van der Waals surface area (Å²) >= 11 is 3.12. The smallest absolute Gasteiger partial charge is 0.137 e. The highest BCUT2D eigenvalue weighted by atomic mass is 79.9. The van der Waals surface area contributed by atoms with Crippen LogP contribution >= 0.6 is 15.9 Å². The zero-order valence-corrected chi connectivity index (χ0v) is 10.9. The molecule has 1 aromatic carbocycles. The van der Waals surface area contributed by atoms with Crippen LogP contribution in [0.25, 0.3) is 0 Å². The first-order chi connectivity index (χ1) is 8.08. The number of halogens is 2. The van der Waals surface area contributed by atoms with E-state index in [9.17, 15) is 9.50 Å². The minimum absolute atomic E-state index is 0.305. The number of hydrogen-bond donors (Lipinski definition) is 1. The van der Waals surface area contributed by atoms with Crippen molar-refractivity contribution in [3.05, 3.63) is 52.3 Å². The van der Waals surface area contributed by atoms with Crippen LogP contribution in [0.4, 0.5) is 4.39 Å². The average molecular weight is 299 g/mol. The fourth-order valence-electron chi connectivity index (χ4n) is 1.68. The highest BCUT2D eigenvalue weighted by Gasteiger charge is 2.13. The standard InChI is InChI=1S/C12H12BrFN2O/c1-16-5-4-15-12(16)11(17)7-8-2-3-10(14)9(13)6-8/h2-6,11,17H,7H2,1H3. The molecule has 2 aromatic rings. The van der Waals surface area contributed by atoms with Gasteiger partial charge in [0.15, 0.2) is 0 Å². The molecule has 0 aliphatic heterocycles. The second kappa shape index (κ2) is 4.98. The zero-order chi connectivity index (χ0) is 12.4. The number of rotatable bonds is 3. The first-order valence-corrected chi connectivity index (χ1v) is 5.96. The van der Waals surface area contributed by atoms with Crippen LogP contribution in [0.1, 0.15) is 17.5 Å². The van der Waals surface area contributed by atoms with Gasteiger partial charge in [0, 0.05) is 25.9 Å². The normalized spacial score (nSPS) is 12.7. The van der Waals surface area contributed by atoms with E-state index in [0.29, 0.717) is 16.7 Å². The lowest BCUT2D eigenvalue weighted by Crippen LogP contribution is -2.08. The lowest BCUT2D eigenvalue weighted by molar-refractivity contribution is 0.165. The first-order valence-electron chi connectivity index (χ1n) is 5.17. The van der Waals surface area contributed by atoms with E-state index in [4.69, 9.17) is 0 Å². The van der Waals surface area contributed by atoms with Crippen molar-refractivity contribution in [2.24, 2.45) is 7.05 Å². The molecule has 1 heterocycles. The molecule has 0 fully saturated rings. The van der Waals surface area contributed by atoms with Crippen LogP contribution in [0.15, 0.2) is 35.1 Å². The van der Waals surface area contributed by atoms with Crippen LogP contribution in [0.3, 0.4) is 0 Å². The Morgan fingerprint density at radius 1 is 1.53 bits per heavy atom. The summed E-state index contributed by atoms with van der Waals surface area (Å²) in [6, 6.07) is 4.71. The van der Waals surface area contributed by atoms with Gasteiger partial charge in [0.05, 0.1) is 4.47 Å². The van der Waals surface area contributed by atoms with Gasteiger partial charge in [0.1, 0.15) is 17.7 Å². The molecule has 0 radical (unpaired) electrons. The van der Waals surface area contributed by atoms with E-state index in [0.717, 1.165) is 5.56 Å². The van der Waals surface area contributed by atoms with Crippen LogP contribution < -0.4 is 0 Å². The van der Waals surface area contributed by atoms with Crippen LogP contribution in [-0.2, 0) is 13.5 Å². The quantitative estimate of drug-likeness (QED) is 0.946. The van der Waals surface area contributed by atoms with Crippen molar-refractivity contribution in [3.63, 3.8) is 0 Å². The molecule has 17 heavy (non-hydrogen) atoms. The first kappa shape index (κ1) is 12.3. The van der Waals surface area contributed by atoms with E-state index in [2.05, 4.69) is 20.9 Å². The molecule has 0 amide bonds. The maximum atomic E-state index is 13.0. The maximum absolute atomic E-state index is 13.0. The fraction of sp³-hybridized carbons (Fsp3) is 0.250. The number of hydrogen-bond acceptors (Lipinski definition) is 2. The molecule has 1 atom stereocenters. The van der Waals surface area contributed by atoms with E-state index >= 15 is 0 Å². The third kappa shape index (κ3) is 2.73. The van der Waals surface area contributed by atoms with Crippen LogP contribution in [0.2, 0.25) is 0 Å². The number of aliphatic hydroxyl groups excluding tert-OH is 1. The molecule has 0 saturated heterocycles. The molecule has 0 aliphatic carbocycles. The Morgan fingerprint density at radius 2 is 2.29 bits per heavy atom. The number of benzene rings is 1. The van der Waals surface area contributed by atoms with E-state index in [-0.39, 0.29) is 5.82 Å². The van der Waals surface area contributed by atoms with Crippen molar-refractivity contribution in [1.29, 1.82) is 0 Å². The summed E-state index contributed by atoms with van der Waals surface area (Å²) in [7, 11) is 1.83. The van der Waals surface area contributed by atoms with Gasteiger partial charge in [0.2, 0.25) is 0 Å². The monoisotopic (exact) mass is 298 g/mol. The van der Waals surface area contributed by atoms with E-state index in [1.54, 1.807) is 29.1 Å². The Bertz CT molecular complexity index is 527. The van der Waals surface area contributed by atoms with Crippen molar-refractivity contribution in [1.82, 2.24) is 9.55 Å². The average Bonchev–Trinajstić information content (AvgIpc) is 2.70. The molecule has 0 spiro atoms. The van der Waals surface area contributed by atoms with Gasteiger partial charge in [-0.05, 0) is 33.6 Å². The molecular formula is C12H12BrFN2O. The van der Waals surface area contributed by atoms with Gasteiger partial charge >= 0.3 is 0 Å². The lowest BCUT2D eigenvalue weighted by atomic mass is 10.1. The summed E-state index contributed by atoms with van der Waals surface area (Å²) in [5.74, 6) is 0.297. The molecule has 1 unspecified atom stereocenters. The van der Waals surface area contributed by atoms with Gasteiger partial charge in [-0.2, -0.15) is 0 Å². The SMILES string of the molecule is Cn1ccnc1C(O)Cc1ccc(F)c(Br)c1. The van der Waals surface area contributed by atoms with Crippen molar-refractivity contribution in [3.8, 4) is 0 Å². The van der Waals surface area contributed by atoms with Gasteiger partial charge in [-0.15, -0.1) is 0 Å². The molecule has 1 aromatic heterocycles. The number of nitrogens with zero attached hydrogens (tertiary/aromatic N) is 2. The molecule has 0 aliphatic rings.